The van der Waals surface area contributed by atoms with E-state index in [0.29, 0.717) is 0 Å². The Morgan fingerprint density at radius 1 is 0.760 bits per heavy atom. The van der Waals surface area contributed by atoms with Crippen LogP contribution < -0.4 is 16.2 Å². The third-order valence-corrected chi connectivity index (χ3v) is 2.96. The van der Waals surface area contributed by atoms with Crippen LogP contribution in [0.1, 0.15) is 11.1 Å². The van der Waals surface area contributed by atoms with Crippen LogP contribution in [0.3, 0.4) is 0 Å². The van der Waals surface area contributed by atoms with E-state index >= 15 is 0 Å². The molecule has 0 bridgehead atoms. The highest BCUT2D eigenvalue weighted by Gasteiger charge is 2.31. The predicted molar refractivity (Wildman–Crippen MR) is 78.7 cm³/mol. The number of amides is 2. The fourth-order valence-corrected chi connectivity index (χ4v) is 1.84. The molecule has 2 rings (SSSR count). The molecule has 0 aliphatic heterocycles. The zero-order chi connectivity index (χ0) is 18.7. The number of hydrogen-bond donors (Lipinski definition) is 3. The normalized spacial score (nSPS) is 11.8. The van der Waals surface area contributed by atoms with Gasteiger partial charge in [0.25, 0.3) is 0 Å². The van der Waals surface area contributed by atoms with Crippen molar-refractivity contribution in [3.05, 3.63) is 59.7 Å². The van der Waals surface area contributed by atoms with Gasteiger partial charge in [-0.2, -0.15) is 26.3 Å². The van der Waals surface area contributed by atoms with E-state index in [1.807, 2.05) is 5.43 Å². The van der Waals surface area contributed by atoms with E-state index in [0.717, 1.165) is 36.4 Å². The number of hydrazine groups is 1. The molecule has 2 aromatic carbocycles. The van der Waals surface area contributed by atoms with Crippen LogP contribution >= 0.6 is 0 Å². The van der Waals surface area contributed by atoms with E-state index in [4.69, 9.17) is 0 Å². The first-order valence-corrected chi connectivity index (χ1v) is 6.73. The summed E-state index contributed by atoms with van der Waals surface area (Å²) in [5.74, 6) is 0. The Kier molecular flexibility index (Phi) is 5.10. The molecule has 3 N–H and O–H groups in total. The third kappa shape index (κ3) is 5.30. The fourth-order valence-electron chi connectivity index (χ4n) is 1.84. The standard InChI is InChI=1S/C15H11F6N3O/c16-14(17,18)9-3-1-5-11(7-9)22-13(25)24-23-12-6-2-4-10(8-12)15(19,20)21/h1-8,23H,(H2,22,24,25). The molecule has 0 saturated carbocycles. The van der Waals surface area contributed by atoms with Crippen molar-refractivity contribution in [2.75, 3.05) is 10.7 Å². The summed E-state index contributed by atoms with van der Waals surface area (Å²) in [6, 6.07) is 7.00. The molecule has 0 fully saturated rings. The lowest BCUT2D eigenvalue weighted by atomic mass is 10.2. The number of halogens is 6. The first kappa shape index (κ1) is 18.4. The number of urea groups is 1. The second-order valence-electron chi connectivity index (χ2n) is 4.86. The molecule has 0 atom stereocenters. The third-order valence-electron chi connectivity index (χ3n) is 2.96. The first-order chi connectivity index (χ1) is 11.6. The van der Waals surface area contributed by atoms with Gasteiger partial charge in [0.1, 0.15) is 0 Å². The number of carbonyl (C=O) groups excluding carboxylic acids is 1. The lowest BCUT2D eigenvalue weighted by molar-refractivity contribution is -0.138. The lowest BCUT2D eigenvalue weighted by Crippen LogP contribution is -2.33. The summed E-state index contributed by atoms with van der Waals surface area (Å²) in [7, 11) is 0. The number of nitrogens with one attached hydrogen (secondary N) is 3. The molecule has 0 unspecified atom stereocenters. The van der Waals surface area contributed by atoms with Crippen LogP contribution in [-0.2, 0) is 12.4 Å². The average Bonchev–Trinajstić information content (AvgIpc) is 2.52. The zero-order valence-electron chi connectivity index (χ0n) is 12.3. The van der Waals surface area contributed by atoms with Crippen LogP contribution in [0.15, 0.2) is 48.5 Å². The number of rotatable bonds is 3. The molecular formula is C15H11F6N3O. The molecule has 10 heteroatoms. The van der Waals surface area contributed by atoms with E-state index in [9.17, 15) is 31.1 Å². The second-order valence-corrected chi connectivity index (χ2v) is 4.86. The number of hydrogen-bond acceptors (Lipinski definition) is 2. The minimum atomic E-state index is -4.57. The van der Waals surface area contributed by atoms with Crippen LogP contribution in [-0.4, -0.2) is 6.03 Å². The van der Waals surface area contributed by atoms with Crippen molar-refractivity contribution in [1.82, 2.24) is 5.43 Å². The van der Waals surface area contributed by atoms with Gasteiger partial charge in [0.2, 0.25) is 0 Å². The minimum Gasteiger partial charge on any atom is -0.307 e. The van der Waals surface area contributed by atoms with Gasteiger partial charge >= 0.3 is 18.4 Å². The summed E-state index contributed by atoms with van der Waals surface area (Å²) < 4.78 is 75.4. The lowest BCUT2D eigenvalue weighted by Gasteiger charge is -2.13. The monoisotopic (exact) mass is 363 g/mol. The number of carbonyl (C=O) groups is 1. The van der Waals surface area contributed by atoms with E-state index in [-0.39, 0.29) is 11.4 Å². The van der Waals surface area contributed by atoms with Gasteiger partial charge in [0.05, 0.1) is 16.8 Å². The maximum atomic E-state index is 12.6. The predicted octanol–water partition coefficient (Wildman–Crippen LogP) is 4.87. The Morgan fingerprint density at radius 2 is 1.24 bits per heavy atom. The average molecular weight is 363 g/mol. The molecule has 2 aromatic rings. The minimum absolute atomic E-state index is 0.0472. The molecule has 0 saturated heterocycles. The van der Waals surface area contributed by atoms with Crippen molar-refractivity contribution < 1.29 is 31.1 Å². The van der Waals surface area contributed by atoms with Crippen LogP contribution in [0.5, 0.6) is 0 Å². The quantitative estimate of drug-likeness (QED) is 0.538. The molecule has 4 nitrogen and oxygen atoms in total. The molecule has 0 aliphatic carbocycles. The Bertz CT molecular complexity index is 757. The van der Waals surface area contributed by atoms with Crippen LogP contribution in [0.25, 0.3) is 0 Å². The number of anilines is 2. The number of alkyl halides is 6. The molecule has 0 aromatic heterocycles. The summed E-state index contributed by atoms with van der Waals surface area (Å²) in [6.07, 6.45) is -9.11. The molecule has 0 radical (unpaired) electrons. The molecule has 134 valence electrons. The largest absolute Gasteiger partial charge is 0.416 e. The highest BCUT2D eigenvalue weighted by atomic mass is 19.4. The van der Waals surface area contributed by atoms with Crippen molar-refractivity contribution in [3.63, 3.8) is 0 Å². The van der Waals surface area contributed by atoms with E-state index in [1.165, 1.54) is 12.1 Å². The first-order valence-electron chi connectivity index (χ1n) is 6.73. The summed E-state index contributed by atoms with van der Waals surface area (Å²) in [5.41, 5.74) is 2.23. The molecule has 2 amide bonds. The van der Waals surface area contributed by atoms with Gasteiger partial charge in [0, 0.05) is 5.69 Å². The summed E-state index contributed by atoms with van der Waals surface area (Å²) in [6.45, 7) is 0. The maximum Gasteiger partial charge on any atom is 0.416 e. The van der Waals surface area contributed by atoms with Gasteiger partial charge in [-0.05, 0) is 36.4 Å². The Balaban J connectivity index is 1.98. The molecular weight excluding hydrogens is 352 g/mol. The summed E-state index contributed by atoms with van der Waals surface area (Å²) in [5, 5.41) is 2.13. The van der Waals surface area contributed by atoms with Crippen LogP contribution in [0.4, 0.5) is 42.5 Å². The Hall–Kier alpha value is -2.91. The van der Waals surface area contributed by atoms with Crippen molar-refractivity contribution in [2.24, 2.45) is 0 Å². The van der Waals surface area contributed by atoms with Gasteiger partial charge < -0.3 is 5.32 Å². The molecule has 0 heterocycles. The zero-order valence-corrected chi connectivity index (χ0v) is 12.3. The van der Waals surface area contributed by atoms with Crippen molar-refractivity contribution >= 4 is 17.4 Å². The van der Waals surface area contributed by atoms with Gasteiger partial charge in [-0.25, -0.2) is 4.79 Å². The van der Waals surface area contributed by atoms with E-state index in [2.05, 4.69) is 10.7 Å². The summed E-state index contributed by atoms with van der Waals surface area (Å²) in [4.78, 5) is 11.6. The maximum absolute atomic E-state index is 12.6. The van der Waals surface area contributed by atoms with Gasteiger partial charge in [-0.3, -0.25) is 10.9 Å². The second kappa shape index (κ2) is 6.91. The summed E-state index contributed by atoms with van der Waals surface area (Å²) >= 11 is 0. The van der Waals surface area contributed by atoms with Crippen LogP contribution in [0, 0.1) is 0 Å². The van der Waals surface area contributed by atoms with E-state index < -0.39 is 29.5 Å². The SMILES string of the molecule is O=C(NNc1cccc(C(F)(F)F)c1)Nc1cccc(C(F)(F)F)c1. The van der Waals surface area contributed by atoms with Crippen LogP contribution in [0.2, 0.25) is 0 Å². The smallest absolute Gasteiger partial charge is 0.307 e. The van der Waals surface area contributed by atoms with E-state index in [1.54, 1.807) is 0 Å². The Labute approximate surface area is 137 Å². The van der Waals surface area contributed by atoms with Gasteiger partial charge in [0.15, 0.2) is 0 Å². The Morgan fingerprint density at radius 3 is 1.76 bits per heavy atom. The molecule has 25 heavy (non-hydrogen) atoms. The highest BCUT2D eigenvalue weighted by molar-refractivity contribution is 5.90. The topological polar surface area (TPSA) is 53.2 Å². The molecule has 0 aliphatic rings. The fraction of sp³-hybridized carbons (Fsp3) is 0.133. The van der Waals surface area contributed by atoms with Crippen molar-refractivity contribution in [1.29, 1.82) is 0 Å². The van der Waals surface area contributed by atoms with Crippen molar-refractivity contribution in [2.45, 2.75) is 12.4 Å². The number of benzene rings is 2. The van der Waals surface area contributed by atoms with Gasteiger partial charge in [-0.1, -0.05) is 12.1 Å². The molecule has 0 spiro atoms. The highest BCUT2D eigenvalue weighted by Crippen LogP contribution is 2.31. The van der Waals surface area contributed by atoms with Gasteiger partial charge in [-0.15, -0.1) is 0 Å². The van der Waals surface area contributed by atoms with Crippen molar-refractivity contribution in [3.8, 4) is 0 Å².